The Hall–Kier alpha value is -1.26. The molecule has 0 spiro atoms. The van der Waals surface area contributed by atoms with Crippen LogP contribution < -0.4 is 5.73 Å². The minimum Gasteiger partial charge on any atom is -0.328 e. The predicted molar refractivity (Wildman–Crippen MR) is 71.9 cm³/mol. The van der Waals surface area contributed by atoms with E-state index in [1.165, 1.54) is 12.1 Å². The Morgan fingerprint density at radius 1 is 1.28 bits per heavy atom. The number of aromatic nitrogens is 1. The van der Waals surface area contributed by atoms with Gasteiger partial charge in [0.2, 0.25) is 0 Å². The number of benzene rings is 1. The highest BCUT2D eigenvalue weighted by atomic mass is 32.1. The van der Waals surface area contributed by atoms with Gasteiger partial charge in [0.05, 0.1) is 10.7 Å². The minimum absolute atomic E-state index is 0.211. The second-order valence-electron chi connectivity index (χ2n) is 4.94. The molecule has 3 rings (SSSR count). The summed E-state index contributed by atoms with van der Waals surface area (Å²) in [5, 5.41) is 3.20. The summed E-state index contributed by atoms with van der Waals surface area (Å²) in [6, 6.07) is 6.88. The average Bonchev–Trinajstić information content (AvgIpc) is 2.77. The van der Waals surface area contributed by atoms with Crippen molar-refractivity contribution in [3.63, 3.8) is 0 Å². The van der Waals surface area contributed by atoms with Gasteiger partial charge in [0.1, 0.15) is 5.82 Å². The van der Waals surface area contributed by atoms with E-state index in [4.69, 9.17) is 5.73 Å². The maximum atomic E-state index is 12.8. The molecular formula is C14H15FN2S. The molecule has 4 heteroatoms. The number of thiazole rings is 1. The standard InChI is InChI=1S/C14H15FN2S/c15-11-3-1-10(2-4-11)13-8-18-14(17-13)7-9-5-12(16)6-9/h1-4,8-9,12H,5-7,16H2. The van der Waals surface area contributed by atoms with Gasteiger partial charge < -0.3 is 5.73 Å². The lowest BCUT2D eigenvalue weighted by atomic mass is 9.79. The molecule has 18 heavy (non-hydrogen) atoms. The fourth-order valence-corrected chi connectivity index (χ4v) is 3.28. The first-order chi connectivity index (χ1) is 8.70. The van der Waals surface area contributed by atoms with Crippen LogP contribution >= 0.6 is 11.3 Å². The van der Waals surface area contributed by atoms with Gasteiger partial charge in [-0.25, -0.2) is 9.37 Å². The Morgan fingerprint density at radius 3 is 2.67 bits per heavy atom. The molecule has 0 aliphatic heterocycles. The van der Waals surface area contributed by atoms with Gasteiger partial charge in [-0.3, -0.25) is 0 Å². The molecule has 0 bridgehead atoms. The molecule has 1 fully saturated rings. The van der Waals surface area contributed by atoms with Gasteiger partial charge in [0, 0.05) is 23.4 Å². The Balaban J connectivity index is 1.71. The Kier molecular flexibility index (Phi) is 3.14. The molecular weight excluding hydrogens is 247 g/mol. The number of hydrogen-bond acceptors (Lipinski definition) is 3. The molecule has 0 atom stereocenters. The summed E-state index contributed by atoms with van der Waals surface area (Å²) >= 11 is 1.68. The molecule has 0 radical (unpaired) electrons. The molecule has 2 N–H and O–H groups in total. The zero-order valence-electron chi connectivity index (χ0n) is 9.97. The molecule has 1 saturated carbocycles. The van der Waals surface area contributed by atoms with E-state index in [1.54, 1.807) is 23.5 Å². The van der Waals surface area contributed by atoms with E-state index in [9.17, 15) is 4.39 Å². The summed E-state index contributed by atoms with van der Waals surface area (Å²) in [5.74, 6) is 0.491. The fraction of sp³-hybridized carbons (Fsp3) is 0.357. The number of hydrogen-bond donors (Lipinski definition) is 1. The van der Waals surface area contributed by atoms with Crippen LogP contribution in [-0.2, 0) is 6.42 Å². The zero-order chi connectivity index (χ0) is 12.5. The molecule has 0 saturated heterocycles. The van der Waals surface area contributed by atoms with E-state index < -0.39 is 0 Å². The summed E-state index contributed by atoms with van der Waals surface area (Å²) in [6.07, 6.45) is 3.26. The quantitative estimate of drug-likeness (QED) is 0.922. The molecule has 1 aliphatic rings. The highest BCUT2D eigenvalue weighted by Gasteiger charge is 2.26. The average molecular weight is 262 g/mol. The van der Waals surface area contributed by atoms with Crippen LogP contribution in [-0.4, -0.2) is 11.0 Å². The Morgan fingerprint density at radius 2 is 2.00 bits per heavy atom. The van der Waals surface area contributed by atoms with E-state index in [2.05, 4.69) is 4.98 Å². The first kappa shape index (κ1) is 11.8. The lowest BCUT2D eigenvalue weighted by Gasteiger charge is -2.31. The van der Waals surface area contributed by atoms with Crippen molar-refractivity contribution in [1.82, 2.24) is 4.98 Å². The summed E-state index contributed by atoms with van der Waals surface area (Å²) in [6.45, 7) is 0. The summed E-state index contributed by atoms with van der Waals surface area (Å²) < 4.78 is 12.8. The van der Waals surface area contributed by atoms with Crippen LogP contribution in [0.5, 0.6) is 0 Å². The molecule has 0 unspecified atom stereocenters. The van der Waals surface area contributed by atoms with Crippen LogP contribution in [0, 0.1) is 11.7 Å². The van der Waals surface area contributed by atoms with E-state index >= 15 is 0 Å². The molecule has 1 aromatic carbocycles. The van der Waals surface area contributed by atoms with Gasteiger partial charge in [0.15, 0.2) is 0 Å². The predicted octanol–water partition coefficient (Wildman–Crippen LogP) is 3.23. The van der Waals surface area contributed by atoms with Crippen LogP contribution in [0.4, 0.5) is 4.39 Å². The molecule has 1 aliphatic carbocycles. The smallest absolute Gasteiger partial charge is 0.123 e. The third-order valence-corrected chi connectivity index (χ3v) is 4.30. The SMILES string of the molecule is NC1CC(Cc2nc(-c3ccc(F)cc3)cs2)C1. The highest BCUT2D eigenvalue weighted by Crippen LogP contribution is 2.31. The van der Waals surface area contributed by atoms with Gasteiger partial charge in [-0.05, 0) is 43.0 Å². The van der Waals surface area contributed by atoms with Crippen molar-refractivity contribution < 1.29 is 4.39 Å². The van der Waals surface area contributed by atoms with Crippen molar-refractivity contribution in [2.45, 2.75) is 25.3 Å². The van der Waals surface area contributed by atoms with Crippen LogP contribution in [0.3, 0.4) is 0 Å². The summed E-state index contributed by atoms with van der Waals surface area (Å²) in [5.41, 5.74) is 7.70. The van der Waals surface area contributed by atoms with Gasteiger partial charge in [-0.15, -0.1) is 11.3 Å². The topological polar surface area (TPSA) is 38.9 Å². The summed E-state index contributed by atoms with van der Waals surface area (Å²) in [4.78, 5) is 4.61. The van der Waals surface area contributed by atoms with Gasteiger partial charge >= 0.3 is 0 Å². The Labute approximate surface area is 110 Å². The molecule has 0 amide bonds. The van der Waals surface area contributed by atoms with Crippen molar-refractivity contribution in [1.29, 1.82) is 0 Å². The van der Waals surface area contributed by atoms with Gasteiger partial charge in [-0.2, -0.15) is 0 Å². The second kappa shape index (κ2) is 4.78. The van der Waals surface area contributed by atoms with E-state index in [-0.39, 0.29) is 5.82 Å². The monoisotopic (exact) mass is 262 g/mol. The van der Waals surface area contributed by atoms with Crippen LogP contribution in [0.2, 0.25) is 0 Å². The lowest BCUT2D eigenvalue weighted by Crippen LogP contribution is -2.37. The number of nitrogens with two attached hydrogens (primary N) is 1. The molecule has 2 aromatic rings. The van der Waals surface area contributed by atoms with Crippen molar-refractivity contribution >= 4 is 11.3 Å². The normalized spacial score (nSPS) is 22.8. The van der Waals surface area contributed by atoms with E-state index in [1.807, 2.05) is 5.38 Å². The van der Waals surface area contributed by atoms with Crippen LogP contribution in [0.15, 0.2) is 29.6 Å². The van der Waals surface area contributed by atoms with Gasteiger partial charge in [-0.1, -0.05) is 0 Å². The summed E-state index contributed by atoms with van der Waals surface area (Å²) in [7, 11) is 0. The van der Waals surface area contributed by atoms with Crippen molar-refractivity contribution in [2.75, 3.05) is 0 Å². The fourth-order valence-electron chi connectivity index (χ4n) is 2.36. The maximum Gasteiger partial charge on any atom is 0.123 e. The van der Waals surface area contributed by atoms with Crippen molar-refractivity contribution in [3.05, 3.63) is 40.5 Å². The van der Waals surface area contributed by atoms with E-state index in [0.717, 1.165) is 35.5 Å². The molecule has 1 aromatic heterocycles. The first-order valence-electron chi connectivity index (χ1n) is 6.16. The largest absolute Gasteiger partial charge is 0.328 e. The number of rotatable bonds is 3. The highest BCUT2D eigenvalue weighted by molar-refractivity contribution is 7.09. The van der Waals surface area contributed by atoms with Crippen molar-refractivity contribution in [2.24, 2.45) is 11.7 Å². The minimum atomic E-state index is -0.211. The van der Waals surface area contributed by atoms with Crippen LogP contribution in [0.25, 0.3) is 11.3 Å². The number of halogens is 1. The van der Waals surface area contributed by atoms with Crippen molar-refractivity contribution in [3.8, 4) is 11.3 Å². The molecule has 1 heterocycles. The third-order valence-electron chi connectivity index (χ3n) is 3.43. The Bertz CT molecular complexity index is 529. The third kappa shape index (κ3) is 2.44. The lowest BCUT2D eigenvalue weighted by molar-refractivity contribution is 0.264. The zero-order valence-corrected chi connectivity index (χ0v) is 10.8. The second-order valence-corrected chi connectivity index (χ2v) is 5.88. The van der Waals surface area contributed by atoms with Crippen LogP contribution in [0.1, 0.15) is 17.8 Å². The van der Waals surface area contributed by atoms with E-state index in [0.29, 0.717) is 12.0 Å². The number of nitrogens with zero attached hydrogens (tertiary/aromatic N) is 1. The molecule has 94 valence electrons. The maximum absolute atomic E-state index is 12.8. The first-order valence-corrected chi connectivity index (χ1v) is 7.04. The molecule has 2 nitrogen and oxygen atoms in total. The van der Waals surface area contributed by atoms with Gasteiger partial charge in [0.25, 0.3) is 0 Å².